The number of amides is 1. The van der Waals surface area contributed by atoms with Crippen molar-refractivity contribution in [3.05, 3.63) is 101 Å². The monoisotopic (exact) mass is 513 g/mol. The van der Waals surface area contributed by atoms with Crippen LogP contribution in [0, 0.1) is 0 Å². The molecule has 1 amide bonds. The van der Waals surface area contributed by atoms with Gasteiger partial charge in [0.25, 0.3) is 5.91 Å². The molecule has 4 heteroatoms. The maximum Gasteiger partial charge on any atom is 0.251 e. The van der Waals surface area contributed by atoms with Gasteiger partial charge in [-0.15, -0.1) is 0 Å². The Hall–Kier alpha value is -2.69. The van der Waals surface area contributed by atoms with Gasteiger partial charge in [-0.1, -0.05) is 111 Å². The SMILES string of the molecule is C[Si](C)(CCCc1cccc(C(=O)NCc2ccc(C3CCCCC3)cc2)c1)c1ccc(CCO)cc1. The van der Waals surface area contributed by atoms with Gasteiger partial charge in [-0.05, 0) is 66.0 Å². The first-order chi connectivity index (χ1) is 17.9. The summed E-state index contributed by atoms with van der Waals surface area (Å²) < 4.78 is 0. The fraction of sp³-hybridized carbons (Fsp3) is 0.424. The molecule has 3 aromatic carbocycles. The lowest BCUT2D eigenvalue weighted by atomic mass is 9.84. The number of carbonyl (C=O) groups is 1. The second kappa shape index (κ2) is 13.2. The van der Waals surface area contributed by atoms with Crippen molar-refractivity contribution in [3.63, 3.8) is 0 Å². The van der Waals surface area contributed by atoms with E-state index < -0.39 is 8.07 Å². The van der Waals surface area contributed by atoms with Crippen molar-refractivity contribution in [1.82, 2.24) is 5.32 Å². The lowest BCUT2D eigenvalue weighted by Crippen LogP contribution is -2.41. The molecule has 37 heavy (non-hydrogen) atoms. The van der Waals surface area contributed by atoms with Gasteiger partial charge in [0.05, 0.1) is 8.07 Å². The Labute approximate surface area is 224 Å². The standard InChI is InChI=1S/C33H43NO2Si/c1-37(2,32-19-15-26(16-20-32)21-22-35)23-7-9-27-8-6-12-31(24-27)33(36)34-25-28-13-17-30(18-14-28)29-10-4-3-5-11-29/h6,8,12-20,24,29,35H,3-5,7,9-11,21-23,25H2,1-2H3,(H,34,36). The van der Waals surface area contributed by atoms with Crippen LogP contribution >= 0.6 is 0 Å². The molecule has 0 spiro atoms. The molecule has 1 aliphatic carbocycles. The van der Waals surface area contributed by atoms with Crippen LogP contribution in [0.4, 0.5) is 0 Å². The van der Waals surface area contributed by atoms with Crippen LogP contribution in [0.5, 0.6) is 0 Å². The number of carbonyl (C=O) groups excluding carboxylic acids is 1. The van der Waals surface area contributed by atoms with Crippen LogP contribution in [-0.4, -0.2) is 25.7 Å². The summed E-state index contributed by atoms with van der Waals surface area (Å²) in [4.78, 5) is 12.9. The van der Waals surface area contributed by atoms with Gasteiger partial charge in [-0.2, -0.15) is 0 Å². The molecule has 1 saturated carbocycles. The Morgan fingerprint density at radius 2 is 1.57 bits per heavy atom. The van der Waals surface area contributed by atoms with Gasteiger partial charge < -0.3 is 10.4 Å². The molecule has 0 unspecified atom stereocenters. The van der Waals surface area contributed by atoms with E-state index in [1.807, 2.05) is 12.1 Å². The predicted molar refractivity (Wildman–Crippen MR) is 157 cm³/mol. The number of aliphatic hydroxyl groups excluding tert-OH is 1. The molecule has 0 radical (unpaired) electrons. The van der Waals surface area contributed by atoms with E-state index in [9.17, 15) is 4.79 Å². The van der Waals surface area contributed by atoms with Gasteiger partial charge in [0.1, 0.15) is 0 Å². The van der Waals surface area contributed by atoms with Crippen molar-refractivity contribution in [3.8, 4) is 0 Å². The number of hydrogen-bond acceptors (Lipinski definition) is 2. The maximum atomic E-state index is 12.9. The van der Waals surface area contributed by atoms with Crippen LogP contribution < -0.4 is 10.5 Å². The minimum Gasteiger partial charge on any atom is -0.396 e. The van der Waals surface area contributed by atoms with E-state index in [0.29, 0.717) is 12.5 Å². The minimum atomic E-state index is -1.52. The topological polar surface area (TPSA) is 49.3 Å². The number of aliphatic hydroxyl groups is 1. The molecule has 0 saturated heterocycles. The van der Waals surface area contributed by atoms with Crippen LogP contribution in [0.15, 0.2) is 72.8 Å². The van der Waals surface area contributed by atoms with E-state index in [2.05, 4.69) is 79.1 Å². The number of nitrogens with one attached hydrogen (secondary N) is 1. The zero-order chi connectivity index (χ0) is 26.1. The van der Waals surface area contributed by atoms with Gasteiger partial charge in [0, 0.05) is 18.7 Å². The summed E-state index contributed by atoms with van der Waals surface area (Å²) in [6.07, 6.45) is 9.53. The molecule has 1 aliphatic rings. The van der Waals surface area contributed by atoms with Crippen molar-refractivity contribution >= 4 is 19.2 Å². The lowest BCUT2D eigenvalue weighted by molar-refractivity contribution is 0.0951. The number of hydrogen-bond donors (Lipinski definition) is 2. The summed E-state index contributed by atoms with van der Waals surface area (Å²) in [5.41, 5.74) is 5.77. The molecule has 1 fully saturated rings. The molecular formula is C33H43NO2Si. The summed E-state index contributed by atoms with van der Waals surface area (Å²) in [5.74, 6) is 0.710. The third kappa shape index (κ3) is 7.89. The fourth-order valence-electron chi connectivity index (χ4n) is 5.63. The van der Waals surface area contributed by atoms with Crippen molar-refractivity contribution < 1.29 is 9.90 Å². The maximum absolute atomic E-state index is 12.9. The average Bonchev–Trinajstić information content (AvgIpc) is 2.93. The molecule has 0 bridgehead atoms. The Morgan fingerprint density at radius 1 is 0.865 bits per heavy atom. The zero-order valence-corrected chi connectivity index (χ0v) is 23.6. The van der Waals surface area contributed by atoms with Gasteiger partial charge >= 0.3 is 0 Å². The smallest absolute Gasteiger partial charge is 0.251 e. The van der Waals surface area contributed by atoms with Crippen LogP contribution in [0.1, 0.15) is 77.1 Å². The second-order valence-corrected chi connectivity index (χ2v) is 16.2. The van der Waals surface area contributed by atoms with Crippen LogP contribution in [-0.2, 0) is 19.4 Å². The molecule has 0 aliphatic heterocycles. The van der Waals surface area contributed by atoms with E-state index in [-0.39, 0.29) is 12.5 Å². The van der Waals surface area contributed by atoms with Gasteiger partial charge in [-0.25, -0.2) is 0 Å². The third-order valence-electron chi connectivity index (χ3n) is 8.10. The zero-order valence-electron chi connectivity index (χ0n) is 22.6. The van der Waals surface area contributed by atoms with Gasteiger partial charge in [0.2, 0.25) is 0 Å². The second-order valence-electron chi connectivity index (χ2n) is 11.4. The van der Waals surface area contributed by atoms with E-state index in [4.69, 9.17) is 5.11 Å². The van der Waals surface area contributed by atoms with Crippen molar-refractivity contribution in [2.45, 2.75) is 83.0 Å². The summed E-state index contributed by atoms with van der Waals surface area (Å²) in [6.45, 7) is 5.62. The van der Waals surface area contributed by atoms with E-state index in [0.717, 1.165) is 30.4 Å². The predicted octanol–water partition coefficient (Wildman–Crippen LogP) is 6.75. The van der Waals surface area contributed by atoms with E-state index in [1.165, 1.54) is 60.0 Å². The Morgan fingerprint density at radius 3 is 2.27 bits per heavy atom. The van der Waals surface area contributed by atoms with E-state index in [1.54, 1.807) is 0 Å². The largest absolute Gasteiger partial charge is 0.396 e. The Kier molecular flexibility index (Phi) is 9.76. The molecular weight excluding hydrogens is 470 g/mol. The first-order valence-electron chi connectivity index (χ1n) is 14.1. The van der Waals surface area contributed by atoms with Crippen LogP contribution in [0.2, 0.25) is 19.1 Å². The van der Waals surface area contributed by atoms with Gasteiger partial charge in [0.15, 0.2) is 0 Å². The molecule has 3 aromatic rings. The van der Waals surface area contributed by atoms with Crippen LogP contribution in [0.3, 0.4) is 0 Å². The quantitative estimate of drug-likeness (QED) is 0.279. The highest BCUT2D eigenvalue weighted by atomic mass is 28.3. The van der Waals surface area contributed by atoms with Crippen molar-refractivity contribution in [1.29, 1.82) is 0 Å². The van der Waals surface area contributed by atoms with Crippen LogP contribution in [0.25, 0.3) is 0 Å². The third-order valence-corrected chi connectivity index (χ3v) is 11.6. The summed E-state index contributed by atoms with van der Waals surface area (Å²) in [5, 5.41) is 13.7. The summed E-state index contributed by atoms with van der Waals surface area (Å²) in [6, 6.07) is 27.0. The van der Waals surface area contributed by atoms with Crippen molar-refractivity contribution in [2.75, 3.05) is 6.61 Å². The molecule has 4 rings (SSSR count). The lowest BCUT2D eigenvalue weighted by Gasteiger charge is -2.23. The number of benzene rings is 3. The molecule has 196 valence electrons. The number of rotatable bonds is 11. The highest BCUT2D eigenvalue weighted by Crippen LogP contribution is 2.32. The summed E-state index contributed by atoms with van der Waals surface area (Å²) >= 11 is 0. The minimum absolute atomic E-state index is 0.00381. The first-order valence-corrected chi connectivity index (χ1v) is 17.3. The summed E-state index contributed by atoms with van der Waals surface area (Å²) in [7, 11) is -1.52. The molecule has 2 N–H and O–H groups in total. The molecule has 0 aromatic heterocycles. The van der Waals surface area contributed by atoms with Crippen molar-refractivity contribution in [2.24, 2.45) is 0 Å². The normalized spacial score (nSPS) is 14.5. The highest BCUT2D eigenvalue weighted by Gasteiger charge is 2.22. The number of aryl methyl sites for hydroxylation is 1. The Balaban J connectivity index is 1.26. The average molecular weight is 514 g/mol. The molecule has 0 atom stereocenters. The molecule has 3 nitrogen and oxygen atoms in total. The molecule has 0 heterocycles. The van der Waals surface area contributed by atoms with Gasteiger partial charge in [-0.3, -0.25) is 4.79 Å². The Bertz CT molecular complexity index is 1130. The fourth-order valence-corrected chi connectivity index (χ4v) is 8.04. The van der Waals surface area contributed by atoms with E-state index >= 15 is 0 Å². The first kappa shape index (κ1) is 27.3. The highest BCUT2D eigenvalue weighted by molar-refractivity contribution is 6.89.